The lowest BCUT2D eigenvalue weighted by Crippen LogP contribution is -2.10. The molecule has 8 heterocycles. The third kappa shape index (κ3) is 9.87. The summed E-state index contributed by atoms with van der Waals surface area (Å²) in [5.41, 5.74) is 21.6. The van der Waals surface area contributed by atoms with E-state index in [1.807, 2.05) is 12.1 Å². The summed E-state index contributed by atoms with van der Waals surface area (Å²) < 4.78 is 18.1. The van der Waals surface area contributed by atoms with Crippen LogP contribution in [0.15, 0.2) is 368 Å². The highest BCUT2D eigenvalue weighted by atomic mass is 32.1. The van der Waals surface area contributed by atoms with Crippen molar-refractivity contribution in [3.05, 3.63) is 364 Å². The van der Waals surface area contributed by atoms with Gasteiger partial charge in [-0.05, 0) is 141 Å². The number of furan rings is 1. The lowest BCUT2D eigenvalue weighted by Gasteiger charge is -2.15. The molecular formula is C102H60N10OS. The molecule has 0 bridgehead atoms. The van der Waals surface area contributed by atoms with Crippen molar-refractivity contribution in [1.29, 1.82) is 0 Å². The number of fused-ring (bicyclic) bond motifs is 18. The van der Waals surface area contributed by atoms with Crippen LogP contribution in [0.4, 0.5) is 0 Å². The molecule has 11 nitrogen and oxygen atoms in total. The number of rotatable bonds is 11. The van der Waals surface area contributed by atoms with Crippen molar-refractivity contribution in [2.45, 2.75) is 0 Å². The van der Waals surface area contributed by atoms with Crippen LogP contribution in [0.5, 0.6) is 0 Å². The second kappa shape index (κ2) is 25.2. The first-order valence-electron chi connectivity index (χ1n) is 38.3. The summed E-state index contributed by atoms with van der Waals surface area (Å²) in [5, 5.41) is 13.0. The highest BCUT2D eigenvalue weighted by Crippen LogP contribution is 2.47. The lowest BCUT2D eigenvalue weighted by molar-refractivity contribution is 0.669. The SMILES string of the molecule is c1ccc(-c2ccc3c4ccccc4n(-c4nc(-c5cccc6c5sc5ccccc56)nc(-n5c6ccccc6c6ccc(-c7cccc(-c8cc(-c9ccccc9)cc9c8c8ccccc8n9-c8nc(-c9cccc%10c9oc9ccccc9%10)nc(-n9c%10ccccc%10c%10ccc(-c%11ccccc%11)cc%109)n8)c7)cc65)n4)c3c2)cc1. The minimum atomic E-state index is 0.454. The average Bonchev–Trinajstić information content (AvgIpc) is 1.56. The summed E-state index contributed by atoms with van der Waals surface area (Å²) in [6.45, 7) is 0. The monoisotopic (exact) mass is 1470 g/mol. The molecule has 16 aromatic carbocycles. The minimum absolute atomic E-state index is 0.454. The molecule has 0 saturated heterocycles. The van der Waals surface area contributed by atoms with Crippen LogP contribution >= 0.6 is 11.3 Å². The maximum absolute atomic E-state index is 6.85. The smallest absolute Gasteiger partial charge is 0.240 e. The molecule has 0 fully saturated rings. The minimum Gasteiger partial charge on any atom is -0.455 e. The molecule has 0 N–H and O–H groups in total. The standard InChI is InChI=1S/C102H60N10OS/c1-4-25-61(26-5-1)65-49-52-73-70-33-10-16-43-84(70)109(88(73)57-65)99-103-97(81-41-23-39-78-76-36-14-20-47-92(76)113-95(78)81)104-102(108-99)112-87-46-19-13-38-80(87)94-83(56-69(60-91(94)112)63-29-8-3-9-30-63)68-32-22-31-64(55-68)67-51-54-75-72-35-12-18-45-86(72)111(90(75)59-67)101-106-98(82-42-24-40-79-77-37-15-21-48-93(77)114-96(79)82)105-100(107-101)110-85-44-17-11-34-71(85)74-53-50-66(58-89(74)110)62-27-6-2-7-28-62/h1-60H. The van der Waals surface area contributed by atoms with Gasteiger partial charge in [0, 0.05) is 79.6 Å². The summed E-state index contributed by atoms with van der Waals surface area (Å²) in [7, 11) is 0. The number of para-hydroxylation sites is 6. The molecule has 0 spiro atoms. The predicted octanol–water partition coefficient (Wildman–Crippen LogP) is 26.4. The maximum atomic E-state index is 6.85. The van der Waals surface area contributed by atoms with Crippen LogP contribution in [0.3, 0.4) is 0 Å². The molecule has 0 radical (unpaired) electrons. The van der Waals surface area contributed by atoms with Gasteiger partial charge in [0.1, 0.15) is 11.2 Å². The number of thiophene rings is 1. The Morgan fingerprint density at radius 2 is 0.579 bits per heavy atom. The summed E-state index contributed by atoms with van der Waals surface area (Å²) in [6.07, 6.45) is 0. The van der Waals surface area contributed by atoms with Crippen molar-refractivity contribution in [1.82, 2.24) is 48.2 Å². The molecule has 0 amide bonds. The van der Waals surface area contributed by atoms with E-state index < -0.39 is 0 Å². The number of hydrogen-bond donors (Lipinski definition) is 0. The zero-order valence-electron chi connectivity index (χ0n) is 60.9. The fourth-order valence-corrected chi connectivity index (χ4v) is 19.0. The Labute approximate surface area is 655 Å². The van der Waals surface area contributed by atoms with E-state index >= 15 is 0 Å². The largest absolute Gasteiger partial charge is 0.455 e. The highest BCUT2D eigenvalue weighted by Gasteiger charge is 2.28. The molecule has 12 heteroatoms. The topological polar surface area (TPSA) is 110 Å². The Morgan fingerprint density at radius 1 is 0.211 bits per heavy atom. The second-order valence-electron chi connectivity index (χ2n) is 29.3. The molecule has 24 rings (SSSR count). The van der Waals surface area contributed by atoms with Gasteiger partial charge < -0.3 is 4.42 Å². The van der Waals surface area contributed by atoms with Crippen LogP contribution < -0.4 is 0 Å². The van der Waals surface area contributed by atoms with Crippen molar-refractivity contribution in [2.75, 3.05) is 0 Å². The van der Waals surface area contributed by atoms with E-state index in [0.29, 0.717) is 41.0 Å². The number of benzene rings is 16. The normalized spacial score (nSPS) is 12.0. The van der Waals surface area contributed by atoms with Gasteiger partial charge in [0.05, 0.1) is 49.7 Å². The third-order valence-corrected chi connectivity index (χ3v) is 24.2. The summed E-state index contributed by atoms with van der Waals surface area (Å²) in [5.74, 6) is 2.99. The summed E-state index contributed by atoms with van der Waals surface area (Å²) >= 11 is 1.77. The molecule has 0 aliphatic rings. The van der Waals surface area contributed by atoms with Gasteiger partial charge in [-0.15, -0.1) is 11.3 Å². The summed E-state index contributed by atoms with van der Waals surface area (Å²) in [6, 6.07) is 130. The summed E-state index contributed by atoms with van der Waals surface area (Å²) in [4.78, 5) is 34.0. The molecule has 114 heavy (non-hydrogen) atoms. The zero-order valence-corrected chi connectivity index (χ0v) is 61.7. The average molecular weight is 1470 g/mol. The van der Waals surface area contributed by atoms with Gasteiger partial charge in [-0.1, -0.05) is 279 Å². The van der Waals surface area contributed by atoms with Crippen LogP contribution in [-0.2, 0) is 0 Å². The van der Waals surface area contributed by atoms with Crippen LogP contribution in [0.25, 0.3) is 232 Å². The quantitative estimate of drug-likeness (QED) is 0.127. The first kappa shape index (κ1) is 63.7. The first-order valence-corrected chi connectivity index (χ1v) is 39.1. The molecule has 0 aliphatic carbocycles. The van der Waals surface area contributed by atoms with Crippen molar-refractivity contribution in [3.8, 4) is 102 Å². The van der Waals surface area contributed by atoms with Gasteiger partial charge >= 0.3 is 0 Å². The van der Waals surface area contributed by atoms with Crippen LogP contribution in [-0.4, -0.2) is 48.2 Å². The predicted molar refractivity (Wildman–Crippen MR) is 469 cm³/mol. The van der Waals surface area contributed by atoms with Gasteiger partial charge in [0.2, 0.25) is 23.8 Å². The van der Waals surface area contributed by atoms with Crippen molar-refractivity contribution in [3.63, 3.8) is 0 Å². The maximum Gasteiger partial charge on any atom is 0.240 e. The number of aromatic nitrogens is 10. The van der Waals surface area contributed by atoms with Gasteiger partial charge in [-0.2, -0.15) is 29.9 Å². The Hall–Kier alpha value is -15.2. The van der Waals surface area contributed by atoms with Crippen molar-refractivity contribution in [2.24, 2.45) is 0 Å². The third-order valence-electron chi connectivity index (χ3n) is 22.9. The first-order chi connectivity index (χ1) is 56.5. The Kier molecular flexibility index (Phi) is 14.0. The van der Waals surface area contributed by atoms with E-state index in [-0.39, 0.29) is 0 Å². The molecule has 0 atom stereocenters. The number of nitrogens with zero attached hydrogens (tertiary/aromatic N) is 10. The molecule has 0 saturated carbocycles. The van der Waals surface area contributed by atoms with Crippen molar-refractivity contribution >= 4 is 141 Å². The molecule has 0 aliphatic heterocycles. The van der Waals surface area contributed by atoms with Crippen molar-refractivity contribution < 1.29 is 4.42 Å². The van der Waals surface area contributed by atoms with E-state index in [9.17, 15) is 0 Å². The Morgan fingerprint density at radius 3 is 1.13 bits per heavy atom. The Balaban J connectivity index is 0.720. The molecule has 530 valence electrons. The van der Waals surface area contributed by atoms with E-state index in [4.69, 9.17) is 34.3 Å². The van der Waals surface area contributed by atoms with E-state index in [1.165, 1.54) is 10.1 Å². The fourth-order valence-electron chi connectivity index (χ4n) is 17.8. The van der Waals surface area contributed by atoms with Crippen LogP contribution in [0, 0.1) is 0 Å². The zero-order chi connectivity index (χ0) is 74.6. The van der Waals surface area contributed by atoms with E-state index in [1.54, 1.807) is 11.3 Å². The number of hydrogen-bond acceptors (Lipinski definition) is 8. The molecule has 8 aromatic heterocycles. The van der Waals surface area contributed by atoms with Gasteiger partial charge in [-0.3, -0.25) is 18.3 Å². The molecule has 0 unspecified atom stereocenters. The second-order valence-corrected chi connectivity index (χ2v) is 30.3. The van der Waals surface area contributed by atoms with E-state index in [0.717, 1.165) is 180 Å². The lowest BCUT2D eigenvalue weighted by atomic mass is 9.92. The van der Waals surface area contributed by atoms with Crippen LogP contribution in [0.2, 0.25) is 0 Å². The van der Waals surface area contributed by atoms with Crippen LogP contribution in [0.1, 0.15) is 0 Å². The molecular weight excluding hydrogens is 1410 g/mol. The highest BCUT2D eigenvalue weighted by molar-refractivity contribution is 7.26. The van der Waals surface area contributed by atoms with E-state index in [2.05, 4.69) is 370 Å². The van der Waals surface area contributed by atoms with Gasteiger partial charge in [0.25, 0.3) is 0 Å². The Bertz CT molecular complexity index is 8130. The van der Waals surface area contributed by atoms with Gasteiger partial charge in [0.15, 0.2) is 11.6 Å². The van der Waals surface area contributed by atoms with Gasteiger partial charge in [-0.25, -0.2) is 0 Å². The fraction of sp³-hybridized carbons (Fsp3) is 0. The molecule has 24 aromatic rings.